The van der Waals surface area contributed by atoms with E-state index in [1.807, 2.05) is 5.32 Å². The van der Waals surface area contributed by atoms with Gasteiger partial charge in [-0.3, -0.25) is 19.9 Å². The molecule has 20 nitrogen and oxygen atoms in total. The minimum Gasteiger partial charge on any atom is -0.481 e. The zero-order chi connectivity index (χ0) is 46.8. The molecule has 0 radical (unpaired) electrons. The fraction of sp³-hybridized carbons (Fsp3) is 0.289. The molecule has 336 valence electrons. The molecule has 1 aliphatic carbocycles. The second-order valence-corrected chi connectivity index (χ2v) is 17.6. The normalized spacial score (nSPS) is 14.0. The summed E-state index contributed by atoms with van der Waals surface area (Å²) < 4.78 is 82.0. The Hall–Kier alpha value is -6.32. The average Bonchev–Trinajstić information content (AvgIpc) is 3.49. The summed E-state index contributed by atoms with van der Waals surface area (Å²) in [5.74, 6) is 0.00532. The number of sulfonamides is 1. The van der Waals surface area contributed by atoms with Gasteiger partial charge in [0.15, 0.2) is 12.7 Å². The van der Waals surface area contributed by atoms with Crippen LogP contribution in [0.1, 0.15) is 32.6 Å². The van der Waals surface area contributed by atoms with E-state index in [0.29, 0.717) is 46.5 Å². The lowest BCUT2D eigenvalue weighted by Crippen LogP contribution is -2.45. The minimum absolute atomic E-state index is 0.00654. The number of ether oxygens (including phenoxy) is 4. The summed E-state index contributed by atoms with van der Waals surface area (Å²) in [6.07, 6.45) is 9.74. The fourth-order valence-corrected chi connectivity index (χ4v) is 7.85. The lowest BCUT2D eigenvalue weighted by molar-refractivity contribution is -0.139. The molecule has 2 aromatic carbocycles. The van der Waals surface area contributed by atoms with Crippen LogP contribution in [-0.4, -0.2) is 105 Å². The van der Waals surface area contributed by atoms with Crippen molar-refractivity contribution in [1.29, 1.82) is 0 Å². The molecule has 0 saturated heterocycles. The number of aliphatic carboxylic acids is 1. The van der Waals surface area contributed by atoms with Crippen LogP contribution in [0.15, 0.2) is 59.8 Å². The number of carboxylic acids is 1. The van der Waals surface area contributed by atoms with E-state index in [4.69, 9.17) is 53.7 Å². The van der Waals surface area contributed by atoms with Gasteiger partial charge in [0.05, 0.1) is 42.3 Å². The molecule has 3 heterocycles. The van der Waals surface area contributed by atoms with Gasteiger partial charge in [0, 0.05) is 35.8 Å². The number of carboxylic acid groups (broad SMARTS) is 1. The van der Waals surface area contributed by atoms with Crippen molar-refractivity contribution in [2.45, 2.75) is 38.7 Å². The van der Waals surface area contributed by atoms with E-state index in [0.717, 1.165) is 36.2 Å². The molecular formula is C38H38Cl2FN7O13S2. The number of anilines is 2. The number of pyridine rings is 1. The van der Waals surface area contributed by atoms with Crippen molar-refractivity contribution in [3.8, 4) is 35.6 Å². The first-order valence-corrected chi connectivity index (χ1v) is 22.0. The monoisotopic (exact) mass is 953 g/mol. The Bertz CT molecular complexity index is 2690. The number of carbonyl (C=O) groups excluding carboxylic acids is 3. The number of halogens is 3. The zero-order valence-corrected chi connectivity index (χ0v) is 37.0. The Balaban J connectivity index is 0.000000212. The largest absolute Gasteiger partial charge is 0.481 e. The number of benzene rings is 2. The van der Waals surface area contributed by atoms with Crippen LogP contribution >= 0.6 is 23.2 Å². The van der Waals surface area contributed by atoms with E-state index in [9.17, 15) is 40.4 Å². The number of amides is 4. The summed E-state index contributed by atoms with van der Waals surface area (Å²) in [6, 6.07) is 9.16. The van der Waals surface area contributed by atoms with Crippen LogP contribution in [0.25, 0.3) is 10.9 Å². The SMILES string of the molecule is C#CC(C)Oc1cc(N2C(=O)C3=C(CCCC3)C2=O)c(F)cc1Cl.COc1cc(OC)nc(NC(=O)NS(=O)(=O)N(C)S(C)(=O)=O)n1.O=C(O)COc1ccc(Cl)c2cccnc12. The molecule has 4 amide bonds. The van der Waals surface area contributed by atoms with Crippen LogP contribution in [0, 0.1) is 18.2 Å². The summed E-state index contributed by atoms with van der Waals surface area (Å²) in [4.78, 5) is 59.7. The van der Waals surface area contributed by atoms with Gasteiger partial charge in [0.1, 0.15) is 22.8 Å². The maximum atomic E-state index is 14.4. The molecule has 1 unspecified atom stereocenters. The molecule has 0 saturated carbocycles. The van der Waals surface area contributed by atoms with E-state index in [1.165, 1.54) is 31.1 Å². The van der Waals surface area contributed by atoms with Gasteiger partial charge in [0.25, 0.3) is 11.8 Å². The third kappa shape index (κ3) is 12.6. The first-order chi connectivity index (χ1) is 29.6. The predicted octanol–water partition coefficient (Wildman–Crippen LogP) is 4.73. The second kappa shape index (κ2) is 21.2. The highest BCUT2D eigenvalue weighted by Gasteiger charge is 2.41. The van der Waals surface area contributed by atoms with Crippen molar-refractivity contribution in [2.24, 2.45) is 0 Å². The predicted molar refractivity (Wildman–Crippen MR) is 227 cm³/mol. The Morgan fingerprint density at radius 1 is 0.984 bits per heavy atom. The van der Waals surface area contributed by atoms with Gasteiger partial charge in [-0.1, -0.05) is 32.8 Å². The van der Waals surface area contributed by atoms with Crippen LogP contribution < -0.4 is 33.9 Å². The number of methoxy groups -OCH3 is 2. The van der Waals surface area contributed by atoms with Crippen LogP contribution in [0.2, 0.25) is 10.0 Å². The molecule has 0 bridgehead atoms. The summed E-state index contributed by atoms with van der Waals surface area (Å²) in [5, 5.41) is 11.9. The van der Waals surface area contributed by atoms with Crippen molar-refractivity contribution in [2.75, 3.05) is 44.3 Å². The Morgan fingerprint density at radius 3 is 2.13 bits per heavy atom. The number of rotatable bonds is 12. The molecule has 2 aromatic heterocycles. The Kier molecular flexibility index (Phi) is 16.6. The quantitative estimate of drug-likeness (QED) is 0.128. The molecule has 63 heavy (non-hydrogen) atoms. The van der Waals surface area contributed by atoms with E-state index >= 15 is 0 Å². The van der Waals surface area contributed by atoms with Crippen LogP contribution in [-0.2, 0) is 34.6 Å². The number of hydrogen-bond donors (Lipinski definition) is 3. The van der Waals surface area contributed by atoms with Gasteiger partial charge in [-0.15, -0.1) is 6.42 Å². The highest BCUT2D eigenvalue weighted by molar-refractivity contribution is 8.03. The number of nitrogens with zero attached hydrogens (tertiary/aromatic N) is 5. The van der Waals surface area contributed by atoms with Crippen LogP contribution in [0.4, 0.5) is 20.8 Å². The fourth-order valence-electron chi connectivity index (χ4n) is 5.49. The number of imide groups is 1. The first kappa shape index (κ1) is 49.3. The molecule has 0 spiro atoms. The zero-order valence-electron chi connectivity index (χ0n) is 33.8. The van der Waals surface area contributed by atoms with Gasteiger partial charge >= 0.3 is 22.2 Å². The standard InChI is InChI=1S/C18H15ClFNO3.C11H8ClNO3.C9H15N5O7S2/c1-3-10(2)24-16-9-15(14(20)8-13(16)19)21-17(22)11-6-4-5-7-12(11)18(21)23;12-8-3-4-9(16-6-10(14)15)11-7(8)2-1-5-13-11;1-14(22(4,16)17)23(18,19)13-9(15)12-8-10-6(20-2)5-7(11-8)21-3/h1,8-10H,4-7H2,2H3;1-5H,6H2,(H,14,15);5H,1-4H3,(H2,10,11,12,13,15). The summed E-state index contributed by atoms with van der Waals surface area (Å²) in [5.41, 5.74) is 1.37. The molecule has 1 aliphatic heterocycles. The smallest absolute Gasteiger partial charge is 0.341 e. The lowest BCUT2D eigenvalue weighted by atomic mass is 9.93. The Labute approximate surface area is 370 Å². The highest BCUT2D eigenvalue weighted by Crippen LogP contribution is 2.40. The first-order valence-electron chi connectivity index (χ1n) is 18.0. The van der Waals surface area contributed by atoms with Crippen molar-refractivity contribution >= 4 is 89.8 Å². The topological polar surface area (TPSA) is 263 Å². The molecule has 4 aromatic rings. The third-order valence-electron chi connectivity index (χ3n) is 8.55. The minimum atomic E-state index is -4.60. The van der Waals surface area contributed by atoms with Crippen molar-refractivity contribution in [3.63, 3.8) is 0 Å². The molecule has 2 aliphatic rings. The highest BCUT2D eigenvalue weighted by atomic mass is 35.5. The number of hydrogen-bond acceptors (Lipinski definition) is 15. The summed E-state index contributed by atoms with van der Waals surface area (Å²) in [7, 11) is -5.27. The van der Waals surface area contributed by atoms with Gasteiger partial charge < -0.3 is 24.1 Å². The van der Waals surface area contributed by atoms with Crippen molar-refractivity contribution in [3.05, 3.63) is 75.7 Å². The van der Waals surface area contributed by atoms with Gasteiger partial charge in [-0.05, 0) is 62.9 Å². The number of terminal acetylenes is 1. The van der Waals surface area contributed by atoms with E-state index in [2.05, 4.69) is 20.9 Å². The molecule has 25 heteroatoms. The molecule has 1 atom stereocenters. The summed E-state index contributed by atoms with van der Waals surface area (Å²) >= 11 is 12.0. The second-order valence-electron chi connectivity index (χ2n) is 12.9. The van der Waals surface area contributed by atoms with E-state index in [-0.39, 0.29) is 37.9 Å². The number of fused-ring (bicyclic) bond motifs is 1. The maximum absolute atomic E-state index is 14.4. The lowest BCUT2D eigenvalue weighted by Gasteiger charge is -2.19. The number of nitrogens with one attached hydrogen (secondary N) is 2. The maximum Gasteiger partial charge on any atom is 0.341 e. The van der Waals surface area contributed by atoms with Crippen LogP contribution in [0.5, 0.6) is 23.3 Å². The number of carbonyl (C=O) groups is 4. The van der Waals surface area contributed by atoms with Gasteiger partial charge in [-0.2, -0.15) is 18.4 Å². The Morgan fingerprint density at radius 2 is 1.59 bits per heavy atom. The average molecular weight is 955 g/mol. The van der Waals surface area contributed by atoms with Crippen molar-refractivity contribution in [1.82, 2.24) is 23.4 Å². The summed E-state index contributed by atoms with van der Waals surface area (Å²) in [6.45, 7) is 1.24. The molecule has 3 N–H and O–H groups in total. The molecule has 6 rings (SSSR count). The van der Waals surface area contributed by atoms with E-state index in [1.54, 1.807) is 37.4 Å². The molecular weight excluding hydrogens is 916 g/mol. The number of urea groups is 1. The van der Waals surface area contributed by atoms with Crippen LogP contribution in [0.3, 0.4) is 0 Å². The third-order valence-corrected chi connectivity index (χ3v) is 12.6. The molecule has 0 fully saturated rings. The number of aromatic nitrogens is 3. The van der Waals surface area contributed by atoms with Gasteiger partial charge in [0.2, 0.25) is 27.7 Å². The van der Waals surface area contributed by atoms with Gasteiger partial charge in [-0.25, -0.2) is 32.0 Å². The van der Waals surface area contributed by atoms with Crippen molar-refractivity contribution < 1.29 is 64.5 Å². The van der Waals surface area contributed by atoms with E-state index < -0.39 is 62.6 Å².